The highest BCUT2D eigenvalue weighted by Crippen LogP contribution is 2.11. The molecule has 0 amide bonds. The van der Waals surface area contributed by atoms with Crippen LogP contribution in [-0.2, 0) is 0 Å². The minimum absolute atomic E-state index is 0.511. The summed E-state index contributed by atoms with van der Waals surface area (Å²) in [5.74, 6) is 0.818. The van der Waals surface area contributed by atoms with Crippen LogP contribution >= 0.6 is 0 Å². The zero-order valence-electron chi connectivity index (χ0n) is 9.15. The van der Waals surface area contributed by atoms with E-state index in [4.69, 9.17) is 0 Å². The van der Waals surface area contributed by atoms with E-state index in [2.05, 4.69) is 39.1 Å². The van der Waals surface area contributed by atoms with Crippen LogP contribution in [0.3, 0.4) is 0 Å². The molecule has 0 radical (unpaired) electrons. The highest BCUT2D eigenvalue weighted by atomic mass is 14.8. The largest absolute Gasteiger partial charge is 0.314 e. The number of hydrogen-bond donors (Lipinski definition) is 1. The maximum absolute atomic E-state index is 3.21. The molecule has 1 N–H and O–H groups in total. The van der Waals surface area contributed by atoms with Crippen LogP contribution in [0.2, 0.25) is 0 Å². The molecule has 0 saturated heterocycles. The van der Waals surface area contributed by atoms with E-state index >= 15 is 0 Å². The summed E-state index contributed by atoms with van der Waals surface area (Å²) >= 11 is 0. The van der Waals surface area contributed by atoms with Crippen molar-refractivity contribution in [3.05, 3.63) is 11.6 Å². The minimum Gasteiger partial charge on any atom is -0.314 e. The van der Waals surface area contributed by atoms with E-state index < -0.39 is 0 Å². The zero-order valence-corrected chi connectivity index (χ0v) is 9.15. The fourth-order valence-electron chi connectivity index (χ4n) is 1.11. The Morgan fingerprint density at radius 1 is 1.33 bits per heavy atom. The van der Waals surface area contributed by atoms with Gasteiger partial charge in [-0.2, -0.15) is 0 Å². The lowest BCUT2D eigenvalue weighted by atomic mass is 10.0. The summed E-state index contributed by atoms with van der Waals surface area (Å²) < 4.78 is 0. The monoisotopic (exact) mass is 169 g/mol. The molecule has 0 aliphatic rings. The predicted octanol–water partition coefficient (Wildman–Crippen LogP) is 2.98. The molecule has 0 aromatic rings. The third-order valence-corrected chi connectivity index (χ3v) is 2.11. The molecule has 0 fully saturated rings. The van der Waals surface area contributed by atoms with E-state index in [0.29, 0.717) is 6.04 Å². The first-order valence-electron chi connectivity index (χ1n) is 4.90. The van der Waals surface area contributed by atoms with Crippen LogP contribution in [0, 0.1) is 5.92 Å². The van der Waals surface area contributed by atoms with Gasteiger partial charge in [0, 0.05) is 6.04 Å². The predicted molar refractivity (Wildman–Crippen MR) is 56.4 cm³/mol. The quantitative estimate of drug-likeness (QED) is 0.624. The van der Waals surface area contributed by atoms with Crippen molar-refractivity contribution in [1.29, 1.82) is 0 Å². The van der Waals surface area contributed by atoms with Crippen molar-refractivity contribution in [2.75, 3.05) is 7.05 Å². The van der Waals surface area contributed by atoms with Crippen molar-refractivity contribution in [3.63, 3.8) is 0 Å². The number of nitrogens with one attached hydrogen (secondary N) is 1. The molecule has 0 heterocycles. The number of likely N-dealkylation sites (N-methyl/N-ethyl adjacent to an activating group) is 1. The first kappa shape index (κ1) is 11.7. The fourth-order valence-corrected chi connectivity index (χ4v) is 1.11. The first-order chi connectivity index (χ1) is 5.56. The van der Waals surface area contributed by atoms with Gasteiger partial charge >= 0.3 is 0 Å². The van der Waals surface area contributed by atoms with E-state index in [1.54, 1.807) is 0 Å². The second kappa shape index (κ2) is 6.24. The molecule has 0 saturated carbocycles. The van der Waals surface area contributed by atoms with Gasteiger partial charge < -0.3 is 5.32 Å². The average molecular weight is 169 g/mol. The van der Waals surface area contributed by atoms with Gasteiger partial charge in [0.1, 0.15) is 0 Å². The Morgan fingerprint density at radius 2 is 1.92 bits per heavy atom. The van der Waals surface area contributed by atoms with E-state index in [9.17, 15) is 0 Å². The zero-order chi connectivity index (χ0) is 9.56. The van der Waals surface area contributed by atoms with Crippen LogP contribution in [0.1, 0.15) is 40.5 Å². The molecule has 0 aromatic carbocycles. The fraction of sp³-hybridized carbons (Fsp3) is 0.818. The Balaban J connectivity index is 3.69. The molecule has 0 rings (SSSR count). The summed E-state index contributed by atoms with van der Waals surface area (Å²) in [6, 6.07) is 0.511. The van der Waals surface area contributed by atoms with E-state index in [1.165, 1.54) is 18.4 Å². The number of rotatable bonds is 5. The van der Waals surface area contributed by atoms with Crippen molar-refractivity contribution in [2.24, 2.45) is 5.92 Å². The smallest absolute Gasteiger partial charge is 0.0221 e. The van der Waals surface area contributed by atoms with Gasteiger partial charge in [0.05, 0.1) is 0 Å². The Bertz CT molecular complexity index is 136. The van der Waals surface area contributed by atoms with Crippen molar-refractivity contribution in [1.82, 2.24) is 5.32 Å². The van der Waals surface area contributed by atoms with E-state index in [0.717, 1.165) is 5.92 Å². The molecule has 1 atom stereocenters. The summed E-state index contributed by atoms with van der Waals surface area (Å²) in [4.78, 5) is 0. The van der Waals surface area contributed by atoms with E-state index in [-0.39, 0.29) is 0 Å². The summed E-state index contributed by atoms with van der Waals surface area (Å²) in [5, 5.41) is 3.21. The lowest BCUT2D eigenvalue weighted by Crippen LogP contribution is -2.18. The summed E-state index contributed by atoms with van der Waals surface area (Å²) in [7, 11) is 2.00. The standard InChI is InChI=1S/C11H23N/c1-9(2)6-7-10(3)8-11(4)12-5/h8-9,11-12H,6-7H2,1-5H3/b10-8+. The molecule has 0 bridgehead atoms. The molecule has 1 nitrogen and oxygen atoms in total. The summed E-state index contributed by atoms with van der Waals surface area (Å²) in [6.07, 6.45) is 4.85. The first-order valence-corrected chi connectivity index (χ1v) is 4.90. The lowest BCUT2D eigenvalue weighted by molar-refractivity contribution is 0.581. The molecule has 1 unspecified atom stereocenters. The number of allylic oxidation sites excluding steroid dienone is 1. The van der Waals surface area contributed by atoms with Crippen molar-refractivity contribution in [3.8, 4) is 0 Å². The average Bonchev–Trinajstić information content (AvgIpc) is 2.00. The van der Waals surface area contributed by atoms with Crippen molar-refractivity contribution in [2.45, 2.75) is 46.6 Å². The molecule has 0 spiro atoms. The van der Waals surface area contributed by atoms with Crippen LogP contribution < -0.4 is 5.32 Å². The van der Waals surface area contributed by atoms with Crippen molar-refractivity contribution < 1.29 is 0 Å². The minimum atomic E-state index is 0.511. The molecule has 72 valence electrons. The maximum Gasteiger partial charge on any atom is 0.0221 e. The Hall–Kier alpha value is -0.300. The van der Waals surface area contributed by atoms with Gasteiger partial charge in [-0.25, -0.2) is 0 Å². The third kappa shape index (κ3) is 6.41. The van der Waals surface area contributed by atoms with Crippen LogP contribution in [0.15, 0.2) is 11.6 Å². The highest BCUT2D eigenvalue weighted by Gasteiger charge is 1.97. The Labute approximate surface area is 77.2 Å². The lowest BCUT2D eigenvalue weighted by Gasteiger charge is -2.08. The molecule has 0 aliphatic heterocycles. The maximum atomic E-state index is 3.21. The molecule has 1 heteroatoms. The van der Waals surface area contributed by atoms with Gasteiger partial charge in [0.15, 0.2) is 0 Å². The third-order valence-electron chi connectivity index (χ3n) is 2.11. The number of hydrogen-bond acceptors (Lipinski definition) is 1. The molecular weight excluding hydrogens is 146 g/mol. The van der Waals surface area contributed by atoms with E-state index in [1.807, 2.05) is 7.05 Å². The van der Waals surface area contributed by atoms with Crippen LogP contribution in [0.4, 0.5) is 0 Å². The second-order valence-electron chi connectivity index (χ2n) is 4.02. The summed E-state index contributed by atoms with van der Waals surface area (Å²) in [6.45, 7) is 8.94. The molecular formula is C11H23N. The van der Waals surface area contributed by atoms with Crippen LogP contribution in [0.25, 0.3) is 0 Å². The molecule has 12 heavy (non-hydrogen) atoms. The SMILES string of the molecule is CNC(C)/C=C(\C)CCC(C)C. The topological polar surface area (TPSA) is 12.0 Å². The Morgan fingerprint density at radius 3 is 2.33 bits per heavy atom. The summed E-state index contributed by atoms with van der Waals surface area (Å²) in [5.41, 5.74) is 1.51. The van der Waals surface area contributed by atoms with Crippen molar-refractivity contribution >= 4 is 0 Å². The normalized spacial score (nSPS) is 15.3. The Kier molecular flexibility index (Phi) is 6.09. The van der Waals surface area contributed by atoms with Gasteiger partial charge in [0.25, 0.3) is 0 Å². The molecule has 0 aliphatic carbocycles. The van der Waals surface area contributed by atoms with Crippen LogP contribution in [0.5, 0.6) is 0 Å². The van der Waals surface area contributed by atoms with Gasteiger partial charge in [-0.15, -0.1) is 0 Å². The van der Waals surface area contributed by atoms with Gasteiger partial charge in [-0.3, -0.25) is 0 Å². The van der Waals surface area contributed by atoms with Crippen LogP contribution in [-0.4, -0.2) is 13.1 Å². The highest BCUT2D eigenvalue weighted by molar-refractivity contribution is 5.02. The van der Waals surface area contributed by atoms with Gasteiger partial charge in [0.2, 0.25) is 0 Å². The molecule has 0 aromatic heterocycles. The van der Waals surface area contributed by atoms with Gasteiger partial charge in [-0.1, -0.05) is 25.5 Å². The second-order valence-corrected chi connectivity index (χ2v) is 4.02. The van der Waals surface area contributed by atoms with Gasteiger partial charge in [-0.05, 0) is 39.7 Å².